The lowest BCUT2D eigenvalue weighted by Gasteiger charge is -2.41. The lowest BCUT2D eigenvalue weighted by Crippen LogP contribution is -2.64. The number of carbonyl (C=O) groups excluding carboxylic acids is 1. The van der Waals surface area contributed by atoms with Crippen molar-refractivity contribution in [3.8, 4) is 0 Å². The van der Waals surface area contributed by atoms with E-state index in [1.165, 1.54) is 238 Å². The molecule has 0 bridgehead atoms. The van der Waals surface area contributed by atoms with Crippen molar-refractivity contribution in [2.24, 2.45) is 0 Å². The molecular formula is C58H115O12P. The Hall–Kier alpha value is -0.660. The van der Waals surface area contributed by atoms with E-state index in [1.807, 2.05) is 0 Å². The van der Waals surface area contributed by atoms with E-state index in [-0.39, 0.29) is 13.0 Å². The monoisotopic (exact) mass is 1030 g/mol. The maximum absolute atomic E-state index is 12.9. The SMILES string of the molecule is CCCCCCCCCCCCCCCCCCCCCCCCCCCCCCC(=O)O[C@H](COCCCCCCCCCCCCCCCCCC)COP(=O)(O)OC1C(O)C(O)C(O)[C@@H](O)C1O. The van der Waals surface area contributed by atoms with Gasteiger partial charge in [-0.05, 0) is 12.8 Å². The topological polar surface area (TPSA) is 192 Å². The fourth-order valence-electron chi connectivity index (χ4n) is 9.95. The minimum atomic E-state index is -5.02. The first-order chi connectivity index (χ1) is 34.5. The molecule has 0 aromatic rings. The van der Waals surface area contributed by atoms with Gasteiger partial charge in [-0.2, -0.15) is 0 Å². The van der Waals surface area contributed by atoms with Gasteiger partial charge in [0.2, 0.25) is 0 Å². The fraction of sp³-hybridized carbons (Fsp3) is 0.983. The summed E-state index contributed by atoms with van der Waals surface area (Å²) in [4.78, 5) is 23.3. The summed E-state index contributed by atoms with van der Waals surface area (Å²) >= 11 is 0. The Balaban J connectivity index is 2.20. The van der Waals surface area contributed by atoms with E-state index in [9.17, 15) is 39.8 Å². The molecule has 1 fully saturated rings. The van der Waals surface area contributed by atoms with Crippen LogP contribution in [0.4, 0.5) is 0 Å². The van der Waals surface area contributed by atoms with E-state index in [0.717, 1.165) is 38.5 Å². The minimum absolute atomic E-state index is 0.0671. The summed E-state index contributed by atoms with van der Waals surface area (Å²) in [6, 6.07) is 0. The number of rotatable bonds is 54. The Morgan fingerprint density at radius 3 is 0.972 bits per heavy atom. The molecule has 13 heteroatoms. The van der Waals surface area contributed by atoms with Gasteiger partial charge in [0.1, 0.15) is 42.7 Å². The molecule has 0 heterocycles. The van der Waals surface area contributed by atoms with Gasteiger partial charge in [-0.1, -0.05) is 284 Å². The van der Waals surface area contributed by atoms with Crippen LogP contribution in [-0.4, -0.2) is 98.9 Å². The molecule has 0 spiro atoms. The van der Waals surface area contributed by atoms with Crippen LogP contribution in [0.25, 0.3) is 0 Å². The highest BCUT2D eigenvalue weighted by molar-refractivity contribution is 7.47. The molecule has 1 aliphatic carbocycles. The van der Waals surface area contributed by atoms with Gasteiger partial charge in [0.15, 0.2) is 0 Å². The first-order valence-electron chi connectivity index (χ1n) is 30.4. The van der Waals surface area contributed by atoms with E-state index in [4.69, 9.17) is 18.5 Å². The van der Waals surface area contributed by atoms with Crippen molar-refractivity contribution in [1.29, 1.82) is 0 Å². The number of phosphoric ester groups is 1. The summed E-state index contributed by atoms with van der Waals surface area (Å²) < 4.78 is 34.4. The summed E-state index contributed by atoms with van der Waals surface area (Å²) in [5, 5.41) is 50.4. The molecule has 12 nitrogen and oxygen atoms in total. The van der Waals surface area contributed by atoms with Crippen molar-refractivity contribution >= 4 is 13.8 Å². The van der Waals surface area contributed by atoms with Crippen molar-refractivity contribution < 1.29 is 58.3 Å². The third kappa shape index (κ3) is 40.3. The summed E-state index contributed by atoms with van der Waals surface area (Å²) in [5.74, 6) is -0.466. The Morgan fingerprint density at radius 1 is 0.394 bits per heavy atom. The molecule has 424 valence electrons. The standard InChI is InChI=1S/C58H115O12P/c1-3-5-7-9-11-13-15-17-19-21-22-23-24-25-26-27-28-29-30-31-32-33-35-37-39-41-43-45-47-52(59)69-51(50-68-71(65,66)70-58-56(63)54(61)53(60)55(62)57(58)64)49-67-48-46-44-42-40-38-36-34-20-18-16-14-12-10-8-6-4-2/h51,53-58,60-64H,3-50H2,1-2H3,(H,65,66)/t51-,53?,54-,55?,56?,57?,58?/m1/s1. The van der Waals surface area contributed by atoms with Gasteiger partial charge in [-0.25, -0.2) is 4.57 Å². The smallest absolute Gasteiger partial charge is 0.457 e. The van der Waals surface area contributed by atoms with Crippen LogP contribution >= 0.6 is 7.82 Å². The minimum Gasteiger partial charge on any atom is -0.457 e. The number of aliphatic hydroxyl groups is 5. The molecule has 8 atom stereocenters. The van der Waals surface area contributed by atoms with E-state index >= 15 is 0 Å². The van der Waals surface area contributed by atoms with Crippen LogP contribution < -0.4 is 0 Å². The molecule has 0 aliphatic heterocycles. The Kier molecular flexibility index (Phi) is 47.1. The van der Waals surface area contributed by atoms with Crippen LogP contribution in [0.1, 0.15) is 303 Å². The molecule has 0 aromatic heterocycles. The van der Waals surface area contributed by atoms with Crippen LogP contribution in [0.2, 0.25) is 0 Å². The number of esters is 1. The van der Waals surface area contributed by atoms with Gasteiger partial charge in [0.05, 0.1) is 13.2 Å². The van der Waals surface area contributed by atoms with Crippen molar-refractivity contribution in [2.45, 2.75) is 346 Å². The van der Waals surface area contributed by atoms with Gasteiger partial charge in [0.25, 0.3) is 0 Å². The number of carbonyl (C=O) groups is 1. The summed E-state index contributed by atoms with van der Waals surface area (Å²) in [7, 11) is -5.02. The maximum atomic E-state index is 12.9. The first-order valence-corrected chi connectivity index (χ1v) is 31.9. The number of ether oxygens (including phenoxy) is 2. The van der Waals surface area contributed by atoms with Crippen molar-refractivity contribution in [2.75, 3.05) is 19.8 Å². The predicted octanol–water partition coefficient (Wildman–Crippen LogP) is 14.8. The molecule has 6 N–H and O–H groups in total. The third-order valence-corrected chi connectivity index (χ3v) is 15.7. The zero-order valence-corrected chi connectivity index (χ0v) is 47.0. The van der Waals surface area contributed by atoms with E-state index in [2.05, 4.69) is 13.8 Å². The molecule has 0 radical (unpaired) electrons. The molecule has 1 rings (SSSR count). The van der Waals surface area contributed by atoms with Gasteiger partial charge < -0.3 is 39.9 Å². The summed E-state index contributed by atoms with van der Waals surface area (Å²) in [6.07, 6.45) is 44.8. The Labute approximate surface area is 435 Å². The normalized spacial score (nSPS) is 20.6. The second-order valence-corrected chi connectivity index (χ2v) is 23.0. The molecule has 6 unspecified atom stereocenters. The largest absolute Gasteiger partial charge is 0.472 e. The zero-order chi connectivity index (χ0) is 51.9. The second-order valence-electron chi connectivity index (χ2n) is 21.6. The molecule has 0 saturated heterocycles. The Bertz CT molecular complexity index is 1180. The maximum Gasteiger partial charge on any atom is 0.472 e. The highest BCUT2D eigenvalue weighted by Crippen LogP contribution is 2.47. The molecule has 1 aliphatic rings. The molecule has 0 aromatic carbocycles. The summed E-state index contributed by atoms with van der Waals surface area (Å²) in [5.41, 5.74) is 0. The average molecular weight is 1040 g/mol. The van der Waals surface area contributed by atoms with E-state index in [1.54, 1.807) is 0 Å². The van der Waals surface area contributed by atoms with Gasteiger partial charge in [-0.3, -0.25) is 13.8 Å². The summed E-state index contributed by atoms with van der Waals surface area (Å²) in [6.45, 7) is 4.34. The highest BCUT2D eigenvalue weighted by Gasteiger charge is 2.51. The average Bonchev–Trinajstić information content (AvgIpc) is 3.36. The van der Waals surface area contributed by atoms with Crippen LogP contribution in [0, 0.1) is 0 Å². The van der Waals surface area contributed by atoms with Gasteiger partial charge in [0, 0.05) is 13.0 Å². The molecular weight excluding hydrogens is 920 g/mol. The molecule has 1 saturated carbocycles. The predicted molar refractivity (Wildman–Crippen MR) is 290 cm³/mol. The number of phosphoric acid groups is 1. The van der Waals surface area contributed by atoms with Crippen LogP contribution in [0.5, 0.6) is 0 Å². The van der Waals surface area contributed by atoms with Crippen molar-refractivity contribution in [1.82, 2.24) is 0 Å². The number of hydrogen-bond acceptors (Lipinski definition) is 11. The van der Waals surface area contributed by atoms with Gasteiger partial charge >= 0.3 is 13.8 Å². The zero-order valence-electron chi connectivity index (χ0n) is 46.1. The number of unbranched alkanes of at least 4 members (excludes halogenated alkanes) is 42. The lowest BCUT2D eigenvalue weighted by molar-refractivity contribution is -0.220. The van der Waals surface area contributed by atoms with Crippen LogP contribution in [0.15, 0.2) is 0 Å². The van der Waals surface area contributed by atoms with Crippen molar-refractivity contribution in [3.63, 3.8) is 0 Å². The second kappa shape index (κ2) is 48.9. The fourth-order valence-corrected chi connectivity index (χ4v) is 10.9. The van der Waals surface area contributed by atoms with E-state index < -0.39 is 63.1 Å². The van der Waals surface area contributed by atoms with Crippen molar-refractivity contribution in [3.05, 3.63) is 0 Å². The quantitative estimate of drug-likeness (QED) is 0.0192. The number of hydrogen-bond donors (Lipinski definition) is 6. The lowest BCUT2D eigenvalue weighted by atomic mass is 9.85. The number of aliphatic hydroxyl groups excluding tert-OH is 5. The third-order valence-electron chi connectivity index (χ3n) is 14.7. The highest BCUT2D eigenvalue weighted by atomic mass is 31.2. The molecule has 0 amide bonds. The van der Waals surface area contributed by atoms with E-state index in [0.29, 0.717) is 13.0 Å². The first kappa shape index (κ1) is 68.4. The van der Waals surface area contributed by atoms with Crippen LogP contribution in [0.3, 0.4) is 0 Å². The Morgan fingerprint density at radius 2 is 0.662 bits per heavy atom. The van der Waals surface area contributed by atoms with Crippen LogP contribution in [-0.2, 0) is 27.9 Å². The van der Waals surface area contributed by atoms with Gasteiger partial charge in [-0.15, -0.1) is 0 Å². The molecule has 71 heavy (non-hydrogen) atoms.